The fourth-order valence-electron chi connectivity index (χ4n) is 1.68. The van der Waals surface area contributed by atoms with E-state index in [1.54, 1.807) is 0 Å². The maximum Gasteiger partial charge on any atom is 0.416 e. The normalized spacial score (nSPS) is 12.4. The molecule has 0 atom stereocenters. The quantitative estimate of drug-likeness (QED) is 0.525. The standard InChI is InChI=1S/C13H9F4NO2S/c14-9-2-4-10(5-3-9)21(19,20)12-7-8(13(15,16)17)1-6-11(12)18/h1-7H,18H2. The predicted molar refractivity (Wildman–Crippen MR) is 67.7 cm³/mol. The van der Waals surface area contributed by atoms with Crippen molar-refractivity contribution in [2.75, 3.05) is 5.73 Å². The zero-order valence-electron chi connectivity index (χ0n) is 10.4. The molecule has 0 aromatic heterocycles. The summed E-state index contributed by atoms with van der Waals surface area (Å²) in [7, 11) is -4.26. The number of halogens is 4. The highest BCUT2D eigenvalue weighted by Crippen LogP contribution is 2.34. The molecule has 2 aromatic rings. The van der Waals surface area contributed by atoms with Crippen molar-refractivity contribution in [3.8, 4) is 0 Å². The molecule has 0 fully saturated rings. The van der Waals surface area contributed by atoms with E-state index in [9.17, 15) is 26.0 Å². The van der Waals surface area contributed by atoms with Gasteiger partial charge in [0.05, 0.1) is 21.0 Å². The number of nitrogens with two attached hydrogens (primary N) is 1. The Labute approximate surface area is 117 Å². The average molecular weight is 319 g/mol. The van der Waals surface area contributed by atoms with Gasteiger partial charge in [0.2, 0.25) is 9.84 Å². The SMILES string of the molecule is Nc1ccc(C(F)(F)F)cc1S(=O)(=O)c1ccc(F)cc1. The third-order valence-corrected chi connectivity index (χ3v) is 4.58. The molecule has 0 bridgehead atoms. The van der Waals surface area contributed by atoms with Crippen LogP contribution in [0.2, 0.25) is 0 Å². The Kier molecular flexibility index (Phi) is 3.66. The van der Waals surface area contributed by atoms with E-state index in [0.29, 0.717) is 12.1 Å². The monoisotopic (exact) mass is 319 g/mol. The topological polar surface area (TPSA) is 60.2 Å². The molecule has 0 aliphatic carbocycles. The molecule has 0 radical (unpaired) electrons. The molecule has 2 rings (SSSR count). The number of nitrogen functional groups attached to an aromatic ring is 1. The zero-order chi connectivity index (χ0) is 15.8. The minimum atomic E-state index is -4.69. The second kappa shape index (κ2) is 5.03. The van der Waals surface area contributed by atoms with Gasteiger partial charge in [-0.25, -0.2) is 12.8 Å². The minimum absolute atomic E-state index is 0.313. The van der Waals surface area contributed by atoms with Crippen molar-refractivity contribution < 1.29 is 26.0 Å². The van der Waals surface area contributed by atoms with Crippen molar-refractivity contribution >= 4 is 15.5 Å². The zero-order valence-corrected chi connectivity index (χ0v) is 11.2. The molecule has 2 N–H and O–H groups in total. The number of alkyl halides is 3. The lowest BCUT2D eigenvalue weighted by Crippen LogP contribution is -2.10. The molecule has 0 heterocycles. The lowest BCUT2D eigenvalue weighted by atomic mass is 10.2. The van der Waals surface area contributed by atoms with Crippen LogP contribution in [0.4, 0.5) is 23.2 Å². The van der Waals surface area contributed by atoms with Gasteiger partial charge in [-0.3, -0.25) is 0 Å². The van der Waals surface area contributed by atoms with Crippen LogP contribution in [0.3, 0.4) is 0 Å². The van der Waals surface area contributed by atoms with Crippen LogP contribution in [0.25, 0.3) is 0 Å². The lowest BCUT2D eigenvalue weighted by Gasteiger charge is -2.12. The Morgan fingerprint density at radius 3 is 2.05 bits per heavy atom. The first-order chi connectivity index (χ1) is 9.62. The molecular weight excluding hydrogens is 310 g/mol. The first-order valence-corrected chi connectivity index (χ1v) is 7.08. The van der Waals surface area contributed by atoms with Crippen LogP contribution in [0, 0.1) is 5.82 Å². The smallest absolute Gasteiger partial charge is 0.398 e. The minimum Gasteiger partial charge on any atom is -0.398 e. The third-order valence-electron chi connectivity index (χ3n) is 2.75. The summed E-state index contributed by atoms with van der Waals surface area (Å²) in [5.41, 5.74) is 4.03. The fraction of sp³-hybridized carbons (Fsp3) is 0.0769. The molecule has 0 aliphatic rings. The average Bonchev–Trinajstić information content (AvgIpc) is 2.38. The molecule has 2 aromatic carbocycles. The summed E-state index contributed by atoms with van der Waals surface area (Å²) in [4.78, 5) is -1.00. The van der Waals surface area contributed by atoms with Gasteiger partial charge in [-0.1, -0.05) is 0 Å². The van der Waals surface area contributed by atoms with Gasteiger partial charge < -0.3 is 5.73 Å². The molecule has 8 heteroatoms. The largest absolute Gasteiger partial charge is 0.416 e. The molecular formula is C13H9F4NO2S. The van der Waals surface area contributed by atoms with E-state index in [0.717, 1.165) is 30.3 Å². The predicted octanol–water partition coefficient (Wildman–Crippen LogP) is 3.26. The molecule has 3 nitrogen and oxygen atoms in total. The van der Waals surface area contributed by atoms with Gasteiger partial charge in [-0.2, -0.15) is 13.2 Å². The maximum absolute atomic E-state index is 12.8. The molecule has 0 unspecified atom stereocenters. The lowest BCUT2D eigenvalue weighted by molar-refractivity contribution is -0.137. The maximum atomic E-state index is 12.8. The fourth-order valence-corrected chi connectivity index (χ4v) is 3.09. The van der Waals surface area contributed by atoms with E-state index in [4.69, 9.17) is 5.73 Å². The van der Waals surface area contributed by atoms with Gasteiger partial charge in [0.25, 0.3) is 0 Å². The van der Waals surface area contributed by atoms with Crippen molar-refractivity contribution in [3.63, 3.8) is 0 Å². The van der Waals surface area contributed by atoms with E-state index in [1.807, 2.05) is 0 Å². The summed E-state index contributed by atoms with van der Waals surface area (Å²) < 4.78 is 75.3. The number of anilines is 1. The van der Waals surface area contributed by atoms with Crippen LogP contribution in [0.15, 0.2) is 52.3 Å². The second-order valence-corrected chi connectivity index (χ2v) is 6.13. The van der Waals surface area contributed by atoms with Crippen LogP contribution < -0.4 is 5.73 Å². The molecule has 0 saturated carbocycles. The Morgan fingerprint density at radius 1 is 0.952 bits per heavy atom. The number of rotatable bonds is 2. The van der Waals surface area contributed by atoms with Crippen LogP contribution in [-0.2, 0) is 16.0 Å². The van der Waals surface area contributed by atoms with E-state index in [1.165, 1.54) is 0 Å². The molecule has 0 saturated heterocycles. The van der Waals surface area contributed by atoms with Gasteiger partial charge in [0.15, 0.2) is 0 Å². The number of sulfone groups is 1. The highest BCUT2D eigenvalue weighted by atomic mass is 32.2. The number of hydrogen-bond donors (Lipinski definition) is 1. The van der Waals surface area contributed by atoms with Crippen LogP contribution in [0.5, 0.6) is 0 Å². The van der Waals surface area contributed by atoms with E-state index in [-0.39, 0.29) is 10.6 Å². The van der Waals surface area contributed by atoms with Crippen molar-refractivity contribution in [1.82, 2.24) is 0 Å². The Bertz CT molecular complexity index is 768. The molecule has 0 aliphatic heterocycles. The van der Waals surface area contributed by atoms with Crippen LogP contribution >= 0.6 is 0 Å². The number of hydrogen-bond acceptors (Lipinski definition) is 3. The van der Waals surface area contributed by atoms with Gasteiger partial charge in [0.1, 0.15) is 5.82 Å². The summed E-state index contributed by atoms with van der Waals surface area (Å²) in [5.74, 6) is -0.661. The van der Waals surface area contributed by atoms with Crippen molar-refractivity contribution in [2.45, 2.75) is 16.0 Å². The van der Waals surface area contributed by atoms with E-state index in [2.05, 4.69) is 0 Å². The molecule has 21 heavy (non-hydrogen) atoms. The summed E-state index contributed by atoms with van der Waals surface area (Å²) in [6.45, 7) is 0. The van der Waals surface area contributed by atoms with Crippen molar-refractivity contribution in [3.05, 3.63) is 53.8 Å². The van der Waals surface area contributed by atoms with E-state index < -0.39 is 32.3 Å². The molecule has 0 amide bonds. The van der Waals surface area contributed by atoms with Gasteiger partial charge in [-0.15, -0.1) is 0 Å². The summed E-state index contributed by atoms with van der Waals surface area (Å²) in [5, 5.41) is 0. The van der Waals surface area contributed by atoms with Crippen LogP contribution in [0.1, 0.15) is 5.56 Å². The van der Waals surface area contributed by atoms with E-state index >= 15 is 0 Å². The summed E-state index contributed by atoms with van der Waals surface area (Å²) in [6, 6.07) is 5.76. The first-order valence-electron chi connectivity index (χ1n) is 5.60. The number of benzene rings is 2. The van der Waals surface area contributed by atoms with Gasteiger partial charge >= 0.3 is 6.18 Å². The van der Waals surface area contributed by atoms with Crippen molar-refractivity contribution in [1.29, 1.82) is 0 Å². The van der Waals surface area contributed by atoms with Crippen molar-refractivity contribution in [2.24, 2.45) is 0 Å². The van der Waals surface area contributed by atoms with Gasteiger partial charge in [0, 0.05) is 0 Å². The Balaban J connectivity index is 2.62. The molecule has 112 valence electrons. The summed E-state index contributed by atoms with van der Waals surface area (Å²) in [6.07, 6.45) is -4.69. The second-order valence-electron chi connectivity index (χ2n) is 4.21. The summed E-state index contributed by atoms with van der Waals surface area (Å²) >= 11 is 0. The third kappa shape index (κ3) is 2.99. The first kappa shape index (κ1) is 15.3. The highest BCUT2D eigenvalue weighted by Gasteiger charge is 2.33. The van der Waals surface area contributed by atoms with Crippen LogP contribution in [-0.4, -0.2) is 8.42 Å². The molecule has 0 spiro atoms. The Morgan fingerprint density at radius 2 is 1.52 bits per heavy atom. The van der Waals surface area contributed by atoms with Gasteiger partial charge in [-0.05, 0) is 42.5 Å². The highest BCUT2D eigenvalue weighted by molar-refractivity contribution is 7.91. The Hall–Kier alpha value is -2.09.